The molecular formula is C13H15BrN4O2. The molecule has 0 radical (unpaired) electrons. The van der Waals surface area contributed by atoms with E-state index < -0.39 is 5.97 Å². The van der Waals surface area contributed by atoms with Crippen LogP contribution < -0.4 is 5.32 Å². The molecule has 7 heteroatoms. The number of rotatable bonds is 5. The SMILES string of the molecule is O=C(O)c1nc2ccc(NCCC3CCC3)nn2c1Br. The van der Waals surface area contributed by atoms with Crippen LogP contribution in [0, 0.1) is 5.92 Å². The van der Waals surface area contributed by atoms with Gasteiger partial charge in [-0.3, -0.25) is 0 Å². The summed E-state index contributed by atoms with van der Waals surface area (Å²) in [5.74, 6) is 0.513. The fraction of sp³-hybridized carbons (Fsp3) is 0.462. The highest BCUT2D eigenvalue weighted by Gasteiger charge is 2.18. The molecule has 0 amide bonds. The van der Waals surface area contributed by atoms with Crippen LogP contribution in [0.1, 0.15) is 36.2 Å². The highest BCUT2D eigenvalue weighted by Crippen LogP contribution is 2.29. The average Bonchev–Trinajstić information content (AvgIpc) is 2.70. The second-order valence-corrected chi connectivity index (χ2v) is 5.81. The number of aromatic carboxylic acids is 1. The zero-order valence-corrected chi connectivity index (χ0v) is 12.4. The van der Waals surface area contributed by atoms with E-state index >= 15 is 0 Å². The van der Waals surface area contributed by atoms with Gasteiger partial charge in [0, 0.05) is 6.54 Å². The number of anilines is 1. The Kier molecular flexibility index (Phi) is 3.60. The highest BCUT2D eigenvalue weighted by atomic mass is 79.9. The molecule has 0 spiro atoms. The third kappa shape index (κ3) is 2.49. The maximum atomic E-state index is 11.0. The van der Waals surface area contributed by atoms with Crippen LogP contribution >= 0.6 is 15.9 Å². The van der Waals surface area contributed by atoms with Gasteiger partial charge in [0.15, 0.2) is 11.3 Å². The number of hydrogen-bond acceptors (Lipinski definition) is 4. The summed E-state index contributed by atoms with van der Waals surface area (Å²) in [7, 11) is 0. The van der Waals surface area contributed by atoms with Crippen LogP contribution in [0.15, 0.2) is 16.7 Å². The van der Waals surface area contributed by atoms with Crippen LogP contribution in [0.4, 0.5) is 5.82 Å². The Bertz CT molecular complexity index is 651. The summed E-state index contributed by atoms with van der Waals surface area (Å²) in [6.07, 6.45) is 5.19. The van der Waals surface area contributed by atoms with Crippen molar-refractivity contribution in [1.82, 2.24) is 14.6 Å². The molecule has 1 aliphatic carbocycles. The fourth-order valence-corrected chi connectivity index (χ4v) is 2.84. The number of carboxylic acid groups (broad SMARTS) is 1. The Hall–Kier alpha value is -1.63. The van der Waals surface area contributed by atoms with Crippen LogP contribution in [0.3, 0.4) is 0 Å². The molecule has 1 saturated carbocycles. The highest BCUT2D eigenvalue weighted by molar-refractivity contribution is 9.10. The zero-order chi connectivity index (χ0) is 14.1. The molecule has 3 rings (SSSR count). The monoisotopic (exact) mass is 338 g/mol. The van der Waals surface area contributed by atoms with Crippen molar-refractivity contribution in [2.45, 2.75) is 25.7 Å². The molecule has 6 nitrogen and oxygen atoms in total. The molecule has 2 aromatic rings. The Morgan fingerprint density at radius 1 is 1.50 bits per heavy atom. The quantitative estimate of drug-likeness (QED) is 0.876. The van der Waals surface area contributed by atoms with Crippen LogP contribution in [-0.4, -0.2) is 32.2 Å². The minimum Gasteiger partial charge on any atom is -0.476 e. The van der Waals surface area contributed by atoms with E-state index in [-0.39, 0.29) is 5.69 Å². The zero-order valence-electron chi connectivity index (χ0n) is 10.8. The fourth-order valence-electron chi connectivity index (χ4n) is 2.32. The molecule has 0 bridgehead atoms. The second-order valence-electron chi connectivity index (χ2n) is 5.06. The Labute approximate surface area is 124 Å². The molecule has 0 aromatic carbocycles. The van der Waals surface area contributed by atoms with Crippen molar-refractivity contribution in [3.05, 3.63) is 22.4 Å². The van der Waals surface area contributed by atoms with Crippen molar-refractivity contribution < 1.29 is 9.90 Å². The molecular weight excluding hydrogens is 324 g/mol. The van der Waals surface area contributed by atoms with Crippen LogP contribution in [0.5, 0.6) is 0 Å². The van der Waals surface area contributed by atoms with E-state index in [1.807, 2.05) is 6.07 Å². The first-order chi connectivity index (χ1) is 9.65. The number of nitrogens with zero attached hydrogens (tertiary/aromatic N) is 3. The molecule has 2 heterocycles. The van der Waals surface area contributed by atoms with E-state index in [2.05, 4.69) is 31.3 Å². The average molecular weight is 339 g/mol. The Balaban J connectivity index is 1.75. The maximum absolute atomic E-state index is 11.0. The summed E-state index contributed by atoms with van der Waals surface area (Å²) in [6, 6.07) is 3.58. The van der Waals surface area contributed by atoms with Crippen LogP contribution in [-0.2, 0) is 0 Å². The van der Waals surface area contributed by atoms with Crippen molar-refractivity contribution in [2.24, 2.45) is 5.92 Å². The van der Waals surface area contributed by atoms with Gasteiger partial charge in [0.05, 0.1) is 0 Å². The lowest BCUT2D eigenvalue weighted by molar-refractivity contribution is 0.0690. The van der Waals surface area contributed by atoms with Gasteiger partial charge in [-0.25, -0.2) is 14.3 Å². The first kappa shape index (κ1) is 13.4. The summed E-state index contributed by atoms with van der Waals surface area (Å²) < 4.78 is 1.86. The van der Waals surface area contributed by atoms with E-state index in [4.69, 9.17) is 5.11 Å². The van der Waals surface area contributed by atoms with E-state index in [0.29, 0.717) is 10.3 Å². The molecule has 1 fully saturated rings. The van der Waals surface area contributed by atoms with Gasteiger partial charge < -0.3 is 10.4 Å². The normalized spacial score (nSPS) is 15.2. The third-order valence-corrected chi connectivity index (χ3v) is 4.42. The van der Waals surface area contributed by atoms with Crippen LogP contribution in [0.2, 0.25) is 0 Å². The van der Waals surface area contributed by atoms with Crippen molar-refractivity contribution in [3.8, 4) is 0 Å². The first-order valence-electron chi connectivity index (χ1n) is 6.67. The van der Waals surface area contributed by atoms with Crippen molar-refractivity contribution in [3.63, 3.8) is 0 Å². The Morgan fingerprint density at radius 3 is 2.95 bits per heavy atom. The standard InChI is InChI=1S/C13H15BrN4O2/c14-12-11(13(19)20)16-10-5-4-9(17-18(10)12)15-7-6-8-2-1-3-8/h4-5,8H,1-3,6-7H2,(H,15,17)(H,19,20). The number of carbonyl (C=O) groups is 1. The number of carboxylic acids is 1. The van der Waals surface area contributed by atoms with Gasteiger partial charge >= 0.3 is 5.97 Å². The number of imidazole rings is 1. The third-order valence-electron chi connectivity index (χ3n) is 3.71. The number of halogens is 1. The summed E-state index contributed by atoms with van der Waals surface area (Å²) in [5, 5.41) is 16.6. The lowest BCUT2D eigenvalue weighted by Gasteiger charge is -2.25. The number of aromatic nitrogens is 3. The largest absolute Gasteiger partial charge is 0.476 e. The van der Waals surface area contributed by atoms with Gasteiger partial charge in [0.25, 0.3) is 0 Å². The van der Waals surface area contributed by atoms with Gasteiger partial charge in [-0.05, 0) is 40.4 Å². The maximum Gasteiger partial charge on any atom is 0.357 e. The molecule has 2 aromatic heterocycles. The molecule has 0 unspecified atom stereocenters. The lowest BCUT2D eigenvalue weighted by atomic mass is 9.83. The molecule has 106 valence electrons. The predicted molar refractivity (Wildman–Crippen MR) is 78.1 cm³/mol. The minimum absolute atomic E-state index is 0.0240. The molecule has 0 saturated heterocycles. The lowest BCUT2D eigenvalue weighted by Crippen LogP contribution is -2.16. The number of hydrogen-bond donors (Lipinski definition) is 2. The van der Waals surface area contributed by atoms with E-state index in [0.717, 1.165) is 24.7 Å². The first-order valence-corrected chi connectivity index (χ1v) is 7.47. The van der Waals surface area contributed by atoms with Crippen LogP contribution in [0.25, 0.3) is 5.65 Å². The molecule has 20 heavy (non-hydrogen) atoms. The topological polar surface area (TPSA) is 79.5 Å². The predicted octanol–water partition coefficient (Wildman–Crippen LogP) is 2.79. The van der Waals surface area contributed by atoms with Gasteiger partial charge in [-0.1, -0.05) is 19.3 Å². The van der Waals surface area contributed by atoms with Crippen molar-refractivity contribution in [2.75, 3.05) is 11.9 Å². The minimum atomic E-state index is -1.07. The van der Waals surface area contributed by atoms with Gasteiger partial charge in [0.2, 0.25) is 0 Å². The van der Waals surface area contributed by atoms with Gasteiger partial charge in [-0.15, -0.1) is 5.10 Å². The van der Waals surface area contributed by atoms with Crippen molar-refractivity contribution >= 4 is 33.4 Å². The van der Waals surface area contributed by atoms with Crippen molar-refractivity contribution in [1.29, 1.82) is 0 Å². The smallest absolute Gasteiger partial charge is 0.357 e. The number of fused-ring (bicyclic) bond motifs is 1. The number of nitrogens with one attached hydrogen (secondary N) is 1. The van der Waals surface area contributed by atoms with Gasteiger partial charge in [-0.2, -0.15) is 0 Å². The Morgan fingerprint density at radius 2 is 2.30 bits per heavy atom. The van der Waals surface area contributed by atoms with Gasteiger partial charge in [0.1, 0.15) is 10.4 Å². The molecule has 0 aliphatic heterocycles. The molecule has 0 atom stereocenters. The summed E-state index contributed by atoms with van der Waals surface area (Å²) in [5.41, 5.74) is 0.489. The van der Waals surface area contributed by atoms with E-state index in [9.17, 15) is 4.79 Å². The summed E-state index contributed by atoms with van der Waals surface area (Å²) in [4.78, 5) is 15.0. The summed E-state index contributed by atoms with van der Waals surface area (Å²) in [6.45, 7) is 0.890. The molecule has 2 N–H and O–H groups in total. The molecule has 1 aliphatic rings. The second kappa shape index (κ2) is 5.40. The van der Waals surface area contributed by atoms with E-state index in [1.54, 1.807) is 6.07 Å². The van der Waals surface area contributed by atoms with E-state index in [1.165, 1.54) is 23.8 Å². The summed E-state index contributed by atoms with van der Waals surface area (Å²) >= 11 is 3.23.